The number of ether oxygens (including phenoxy) is 1. The van der Waals surface area contributed by atoms with E-state index in [0.29, 0.717) is 24.7 Å². The number of hydrogen-bond acceptors (Lipinski definition) is 6. The smallest absolute Gasteiger partial charge is 0.270 e. The number of pyridine rings is 1. The Bertz CT molecular complexity index is 591. The number of anilines is 1. The van der Waals surface area contributed by atoms with Gasteiger partial charge in [0.25, 0.3) is 5.91 Å². The Kier molecular flexibility index (Phi) is 6.25. The van der Waals surface area contributed by atoms with E-state index in [9.17, 15) is 4.79 Å². The Morgan fingerprint density at radius 2 is 2.09 bits per heavy atom. The minimum atomic E-state index is -0.237. The van der Waals surface area contributed by atoms with Crippen LogP contribution in [0.25, 0.3) is 0 Å². The van der Waals surface area contributed by atoms with Crippen LogP contribution >= 0.6 is 0 Å². The quantitative estimate of drug-likeness (QED) is 0.713. The van der Waals surface area contributed by atoms with Crippen molar-refractivity contribution in [2.24, 2.45) is 0 Å². The highest BCUT2D eigenvalue weighted by Crippen LogP contribution is 2.04. The Hall–Kier alpha value is -2.54. The van der Waals surface area contributed by atoms with Gasteiger partial charge in [0.1, 0.15) is 17.8 Å². The van der Waals surface area contributed by atoms with Gasteiger partial charge < -0.3 is 15.4 Å². The van der Waals surface area contributed by atoms with Gasteiger partial charge >= 0.3 is 0 Å². The molecular weight excluding hydrogens is 282 g/mol. The first-order valence-electron chi connectivity index (χ1n) is 7.01. The molecule has 0 saturated heterocycles. The molecule has 0 aliphatic rings. The van der Waals surface area contributed by atoms with E-state index in [1.165, 1.54) is 6.33 Å². The Labute approximate surface area is 129 Å². The van der Waals surface area contributed by atoms with Crippen LogP contribution in [0.3, 0.4) is 0 Å². The lowest BCUT2D eigenvalue weighted by molar-refractivity contribution is 0.0946. The van der Waals surface area contributed by atoms with Crippen LogP contribution in [0.4, 0.5) is 5.82 Å². The molecule has 0 fully saturated rings. The second-order valence-corrected chi connectivity index (χ2v) is 4.60. The molecule has 2 rings (SSSR count). The maximum atomic E-state index is 12.1. The standard InChI is InChI=1S/C15H19N5O2/c1-22-8-2-5-17-14-9-13(19-11-20-14)15(21)18-10-12-3-6-16-7-4-12/h3-4,6-7,9,11H,2,5,8,10H2,1H3,(H,18,21)(H,17,19,20). The van der Waals surface area contributed by atoms with Gasteiger partial charge in [0.2, 0.25) is 0 Å². The molecule has 0 saturated carbocycles. The number of hydrogen-bond donors (Lipinski definition) is 2. The Balaban J connectivity index is 1.86. The number of carbonyl (C=O) groups is 1. The van der Waals surface area contributed by atoms with Crippen molar-refractivity contribution < 1.29 is 9.53 Å². The molecule has 7 heteroatoms. The number of aromatic nitrogens is 3. The van der Waals surface area contributed by atoms with Crippen molar-refractivity contribution in [2.45, 2.75) is 13.0 Å². The zero-order chi connectivity index (χ0) is 15.6. The van der Waals surface area contributed by atoms with E-state index >= 15 is 0 Å². The molecule has 2 aromatic heterocycles. The van der Waals surface area contributed by atoms with Gasteiger partial charge in [0.15, 0.2) is 0 Å². The first kappa shape index (κ1) is 15.8. The molecule has 2 aromatic rings. The fraction of sp³-hybridized carbons (Fsp3) is 0.333. The second kappa shape index (κ2) is 8.68. The van der Waals surface area contributed by atoms with Gasteiger partial charge in [-0.3, -0.25) is 9.78 Å². The normalized spacial score (nSPS) is 10.2. The molecule has 0 aliphatic carbocycles. The van der Waals surface area contributed by atoms with Gasteiger partial charge in [-0.2, -0.15) is 0 Å². The molecule has 0 radical (unpaired) electrons. The van der Waals surface area contributed by atoms with Gasteiger partial charge in [-0.15, -0.1) is 0 Å². The van der Waals surface area contributed by atoms with Crippen LogP contribution in [-0.2, 0) is 11.3 Å². The van der Waals surface area contributed by atoms with E-state index in [2.05, 4.69) is 25.6 Å². The molecule has 1 amide bonds. The molecule has 0 atom stereocenters. The number of methoxy groups -OCH3 is 1. The summed E-state index contributed by atoms with van der Waals surface area (Å²) in [5, 5.41) is 5.94. The molecule has 0 spiro atoms. The summed E-state index contributed by atoms with van der Waals surface area (Å²) in [7, 11) is 1.66. The maximum absolute atomic E-state index is 12.1. The summed E-state index contributed by atoms with van der Waals surface area (Å²) < 4.78 is 4.97. The summed E-state index contributed by atoms with van der Waals surface area (Å²) >= 11 is 0. The first-order valence-corrected chi connectivity index (χ1v) is 7.01. The van der Waals surface area contributed by atoms with Crippen LogP contribution in [-0.4, -0.2) is 41.1 Å². The summed E-state index contributed by atoms with van der Waals surface area (Å²) in [4.78, 5) is 24.1. The van der Waals surface area contributed by atoms with Crippen LogP contribution in [0, 0.1) is 0 Å². The predicted molar refractivity (Wildman–Crippen MR) is 82.4 cm³/mol. The lowest BCUT2D eigenvalue weighted by Gasteiger charge is -2.07. The largest absolute Gasteiger partial charge is 0.385 e. The third-order valence-electron chi connectivity index (χ3n) is 2.93. The third-order valence-corrected chi connectivity index (χ3v) is 2.93. The van der Waals surface area contributed by atoms with Crippen LogP contribution in [0.1, 0.15) is 22.5 Å². The molecule has 7 nitrogen and oxygen atoms in total. The summed E-state index contributed by atoms with van der Waals surface area (Å²) in [6.07, 6.45) is 5.62. The molecule has 0 aliphatic heterocycles. The first-order chi connectivity index (χ1) is 10.8. The highest BCUT2D eigenvalue weighted by Gasteiger charge is 2.08. The van der Waals surface area contributed by atoms with Crippen molar-refractivity contribution in [1.29, 1.82) is 0 Å². The molecular formula is C15H19N5O2. The zero-order valence-electron chi connectivity index (χ0n) is 12.5. The highest BCUT2D eigenvalue weighted by molar-refractivity contribution is 5.92. The molecule has 2 heterocycles. The predicted octanol–water partition coefficient (Wildman–Crippen LogP) is 1.25. The minimum Gasteiger partial charge on any atom is -0.385 e. The van der Waals surface area contributed by atoms with Crippen LogP contribution in [0.5, 0.6) is 0 Å². The Morgan fingerprint density at radius 1 is 1.27 bits per heavy atom. The number of rotatable bonds is 8. The van der Waals surface area contributed by atoms with E-state index in [-0.39, 0.29) is 5.91 Å². The van der Waals surface area contributed by atoms with Gasteiger partial charge in [0.05, 0.1) is 0 Å². The number of nitrogens with zero attached hydrogens (tertiary/aromatic N) is 3. The van der Waals surface area contributed by atoms with Crippen molar-refractivity contribution in [1.82, 2.24) is 20.3 Å². The summed E-state index contributed by atoms with van der Waals surface area (Å²) in [5.74, 6) is 0.388. The fourth-order valence-electron chi connectivity index (χ4n) is 1.78. The Morgan fingerprint density at radius 3 is 2.86 bits per heavy atom. The molecule has 2 N–H and O–H groups in total. The molecule has 0 aromatic carbocycles. The summed E-state index contributed by atoms with van der Waals surface area (Å²) in [5.41, 5.74) is 1.31. The van der Waals surface area contributed by atoms with Crippen molar-refractivity contribution >= 4 is 11.7 Å². The highest BCUT2D eigenvalue weighted by atomic mass is 16.5. The lowest BCUT2D eigenvalue weighted by Crippen LogP contribution is -2.24. The summed E-state index contributed by atoms with van der Waals surface area (Å²) in [6.45, 7) is 1.84. The lowest BCUT2D eigenvalue weighted by atomic mass is 10.2. The fourth-order valence-corrected chi connectivity index (χ4v) is 1.78. The van der Waals surface area contributed by atoms with E-state index in [0.717, 1.165) is 18.5 Å². The van der Waals surface area contributed by atoms with Crippen molar-refractivity contribution in [2.75, 3.05) is 25.6 Å². The molecule has 22 heavy (non-hydrogen) atoms. The second-order valence-electron chi connectivity index (χ2n) is 4.60. The van der Waals surface area contributed by atoms with Gasteiger partial charge in [-0.1, -0.05) is 0 Å². The third kappa shape index (κ3) is 5.10. The average Bonchev–Trinajstić information content (AvgIpc) is 2.58. The van der Waals surface area contributed by atoms with Crippen LogP contribution in [0.2, 0.25) is 0 Å². The van der Waals surface area contributed by atoms with Crippen molar-refractivity contribution in [3.63, 3.8) is 0 Å². The van der Waals surface area contributed by atoms with E-state index in [1.807, 2.05) is 12.1 Å². The topological polar surface area (TPSA) is 89.0 Å². The monoisotopic (exact) mass is 301 g/mol. The van der Waals surface area contributed by atoms with Crippen LogP contribution in [0.15, 0.2) is 36.9 Å². The van der Waals surface area contributed by atoms with Gasteiger partial charge in [-0.05, 0) is 24.1 Å². The average molecular weight is 301 g/mol. The molecule has 0 bridgehead atoms. The SMILES string of the molecule is COCCCNc1cc(C(=O)NCc2ccncc2)ncn1. The van der Waals surface area contributed by atoms with Crippen molar-refractivity contribution in [3.8, 4) is 0 Å². The van der Waals surface area contributed by atoms with Gasteiger partial charge in [-0.25, -0.2) is 9.97 Å². The minimum absolute atomic E-state index is 0.237. The van der Waals surface area contributed by atoms with E-state index in [4.69, 9.17) is 4.74 Å². The number of amides is 1. The van der Waals surface area contributed by atoms with E-state index in [1.54, 1.807) is 25.6 Å². The van der Waals surface area contributed by atoms with Crippen LogP contribution < -0.4 is 10.6 Å². The van der Waals surface area contributed by atoms with Gasteiger partial charge in [0, 0.05) is 45.3 Å². The molecule has 116 valence electrons. The number of nitrogens with one attached hydrogen (secondary N) is 2. The van der Waals surface area contributed by atoms with Crippen molar-refractivity contribution in [3.05, 3.63) is 48.2 Å². The zero-order valence-corrected chi connectivity index (χ0v) is 12.5. The molecule has 0 unspecified atom stereocenters. The maximum Gasteiger partial charge on any atom is 0.270 e. The summed E-state index contributed by atoms with van der Waals surface area (Å²) in [6, 6.07) is 5.33. The number of carbonyl (C=O) groups excluding carboxylic acids is 1. The van der Waals surface area contributed by atoms with E-state index < -0.39 is 0 Å².